The minimum atomic E-state index is 0.262. The van der Waals surface area contributed by atoms with E-state index in [2.05, 4.69) is 27.8 Å². The van der Waals surface area contributed by atoms with Crippen LogP contribution >= 0.6 is 12.6 Å². The number of H-pyrrole nitrogens is 1. The minimum Gasteiger partial charge on any atom is -0.368 e. The summed E-state index contributed by atoms with van der Waals surface area (Å²) in [5, 5.41) is 6.11. The van der Waals surface area contributed by atoms with Gasteiger partial charge in [0.25, 0.3) is 0 Å². The second-order valence-corrected chi connectivity index (χ2v) is 1.37. The average molecular weight is 115 g/mol. The van der Waals surface area contributed by atoms with Gasteiger partial charge in [-0.05, 0) is 12.6 Å². The lowest BCUT2D eigenvalue weighted by Crippen LogP contribution is -1.84. The molecule has 0 fully saturated rings. The summed E-state index contributed by atoms with van der Waals surface area (Å²) >= 11 is 4.50. The maximum atomic E-state index is 5.08. The number of aromatic nitrogens is 3. The lowest BCUT2D eigenvalue weighted by Gasteiger charge is -1.68. The van der Waals surface area contributed by atoms with E-state index in [4.69, 9.17) is 5.73 Å². The first kappa shape index (κ1) is 4.32. The van der Waals surface area contributed by atoms with E-state index >= 15 is 0 Å². The van der Waals surface area contributed by atoms with E-state index in [9.17, 15) is 0 Å². The summed E-state index contributed by atoms with van der Waals surface area (Å²) in [7, 11) is 0. The Hall–Kier alpha value is -0.840. The smallest absolute Gasteiger partial charge is 0.240 e. The summed E-state index contributed by atoms with van der Waals surface area (Å²) in [5.74, 6) is 0.269. The first-order valence-electron chi connectivity index (χ1n) is 1.64. The molecule has 1 heterocycles. The summed E-state index contributed by atoms with van der Waals surface area (Å²) < 4.78 is 0. The van der Waals surface area contributed by atoms with Crippen molar-refractivity contribution in [2.45, 2.75) is 5.16 Å². The van der Waals surface area contributed by atoms with E-state index in [1.165, 1.54) is 0 Å². The lowest BCUT2D eigenvalue weighted by molar-refractivity contribution is 0.980. The lowest BCUT2D eigenvalue weighted by atomic mass is 11.1. The Morgan fingerprint density at radius 1 is 1.71 bits per heavy atom. The molecule has 0 amide bonds. The number of nitrogens with two attached hydrogens (primary N) is 1. The Bertz CT molecular complexity index is 142. The molecule has 0 bridgehead atoms. The van der Waals surface area contributed by atoms with Gasteiger partial charge in [-0.3, -0.25) is 0 Å². The zero-order chi connectivity index (χ0) is 5.28. The van der Waals surface area contributed by atoms with Crippen LogP contribution in [-0.2, 0) is 0 Å². The second-order valence-electron chi connectivity index (χ2n) is 1.00. The van der Waals surface area contributed by atoms with Crippen molar-refractivity contribution in [2.75, 3.05) is 5.73 Å². The maximum absolute atomic E-state index is 5.08. The first-order valence-corrected chi connectivity index (χ1v) is 2.05. The van der Waals surface area contributed by atoms with Gasteiger partial charge in [-0.15, -0.1) is 5.10 Å². The highest BCUT2D eigenvalue weighted by Crippen LogP contribution is 1.94. The van der Waals surface area contributed by atoms with Gasteiger partial charge in [0.1, 0.15) is 0 Å². The van der Waals surface area contributed by atoms with Crippen molar-refractivity contribution in [2.24, 2.45) is 0 Å². The van der Waals surface area contributed by atoms with E-state index < -0.39 is 0 Å². The highest BCUT2D eigenvalue weighted by Gasteiger charge is 1.89. The van der Waals surface area contributed by atoms with Crippen LogP contribution in [0.3, 0.4) is 0 Å². The zero-order valence-corrected chi connectivity index (χ0v) is 4.20. The molecule has 1 aromatic rings. The van der Waals surface area contributed by atoms with Crippen LogP contribution < -0.4 is 5.73 Å². The predicted octanol–water partition coefficient (Wildman–Crippen LogP) is -0.0567. The highest BCUT2D eigenvalue weighted by molar-refractivity contribution is 7.80. The number of rotatable bonds is 0. The molecule has 0 aromatic carbocycles. The Balaban J connectivity index is 3.04. The summed E-state index contributed by atoms with van der Waals surface area (Å²) in [4.78, 5) is 3.54. The van der Waals surface area contributed by atoms with Gasteiger partial charge in [0.05, 0.1) is 0 Å². The van der Waals surface area contributed by atoms with Crippen molar-refractivity contribution < 1.29 is 0 Å². The molecular weight excluding hydrogens is 112 g/mol. The topological polar surface area (TPSA) is 67.6 Å². The van der Waals surface area contributed by atoms with Crippen molar-refractivity contribution in [3.63, 3.8) is 0 Å². The van der Waals surface area contributed by atoms with Crippen molar-refractivity contribution in [3.05, 3.63) is 0 Å². The van der Waals surface area contributed by atoms with Gasteiger partial charge < -0.3 is 5.73 Å². The fraction of sp³-hybridized carbons (Fsp3) is 0. The number of aromatic amines is 1. The van der Waals surface area contributed by atoms with Gasteiger partial charge in [-0.1, -0.05) is 0 Å². The van der Waals surface area contributed by atoms with Gasteiger partial charge in [0, 0.05) is 0 Å². The third-order valence-electron chi connectivity index (χ3n) is 0.482. The summed E-state index contributed by atoms with van der Waals surface area (Å²) in [6.07, 6.45) is 0. The molecule has 0 saturated carbocycles. The zero-order valence-electron chi connectivity index (χ0n) is 3.38. The fourth-order valence-electron chi connectivity index (χ4n) is 0.258. The number of nitrogens with zero attached hydrogens (tertiary/aromatic N) is 2. The number of hydrogen-bond donors (Lipinski definition) is 2. The van der Waals surface area contributed by atoms with Gasteiger partial charge in [-0.2, -0.15) is 4.98 Å². The Morgan fingerprint density at radius 3 is 2.57 bits per heavy atom. The molecule has 5 heteroatoms. The van der Waals surface area contributed by atoms with E-state index in [-0.39, 0.29) is 11.1 Å². The maximum Gasteiger partial charge on any atom is 0.240 e. The molecule has 4 nitrogen and oxygen atoms in total. The van der Waals surface area contributed by atoms with E-state index in [1.807, 2.05) is 0 Å². The van der Waals surface area contributed by atoms with Crippen LogP contribution in [-0.4, -0.2) is 15.2 Å². The third-order valence-corrected chi connectivity index (χ3v) is 0.665. The van der Waals surface area contributed by atoms with E-state index in [1.54, 1.807) is 0 Å². The first-order chi connectivity index (χ1) is 3.29. The van der Waals surface area contributed by atoms with Gasteiger partial charge in [0.2, 0.25) is 11.1 Å². The summed E-state index contributed by atoms with van der Waals surface area (Å²) in [6, 6.07) is 0. The van der Waals surface area contributed by atoms with Crippen molar-refractivity contribution in [1.29, 1.82) is 0 Å². The summed E-state index contributed by atoms with van der Waals surface area (Å²) in [6.45, 7) is 0. The molecule has 0 aliphatic rings. The molecule has 1 aromatic heterocycles. The number of nitrogen functional groups attached to an aromatic ring is 1. The van der Waals surface area contributed by atoms with Gasteiger partial charge in [0.15, 0.2) is 0 Å². The monoisotopic (exact) mass is 115 g/mol. The number of hydrogen-bond acceptors (Lipinski definition) is 3. The molecule has 7 heavy (non-hydrogen) atoms. The standard InChI is InChI=1S/C2H3N4S/c3-1-4-2(7)6-5-1/h(H3,3,4,5,6). The largest absolute Gasteiger partial charge is 0.368 e. The quantitative estimate of drug-likeness (QED) is 0.498. The van der Waals surface area contributed by atoms with Gasteiger partial charge in [-0.25, -0.2) is 5.10 Å². The van der Waals surface area contributed by atoms with Crippen molar-refractivity contribution in [3.8, 4) is 0 Å². The molecule has 1 radical (unpaired) electrons. The molecule has 0 spiro atoms. The van der Waals surface area contributed by atoms with Crippen LogP contribution in [0.15, 0.2) is 5.16 Å². The molecule has 0 aliphatic heterocycles. The minimum absolute atomic E-state index is 0.262. The predicted molar refractivity (Wildman–Crippen MR) is 26.7 cm³/mol. The summed E-state index contributed by atoms with van der Waals surface area (Å²) in [5.41, 5.74) is 5.08. The van der Waals surface area contributed by atoms with Crippen molar-refractivity contribution in [1.82, 2.24) is 15.2 Å². The molecule has 3 N–H and O–H groups in total. The van der Waals surface area contributed by atoms with Crippen LogP contribution in [0, 0.1) is 0 Å². The molecule has 37 valence electrons. The Morgan fingerprint density at radius 2 is 2.43 bits per heavy atom. The molecule has 0 atom stereocenters. The normalized spacial score (nSPS) is 9.14. The van der Waals surface area contributed by atoms with Crippen LogP contribution in [0.4, 0.5) is 5.95 Å². The second kappa shape index (κ2) is 1.34. The van der Waals surface area contributed by atoms with Crippen LogP contribution in [0.1, 0.15) is 0 Å². The number of nitrogens with one attached hydrogen (secondary N) is 1. The van der Waals surface area contributed by atoms with E-state index in [0.717, 1.165) is 0 Å². The average Bonchev–Trinajstić information content (AvgIpc) is 1.87. The van der Waals surface area contributed by atoms with Gasteiger partial charge >= 0.3 is 0 Å². The Kier molecular flexibility index (Phi) is 0.828. The molecule has 0 saturated heterocycles. The number of anilines is 1. The molecular formula is C2H3N4S. The molecule has 1 rings (SSSR count). The molecule has 0 aliphatic carbocycles. The SMILES string of the molecule is Nc1nc([S])n[nH]1. The van der Waals surface area contributed by atoms with Crippen LogP contribution in [0.2, 0.25) is 0 Å². The van der Waals surface area contributed by atoms with Crippen LogP contribution in [0.25, 0.3) is 0 Å². The third kappa shape index (κ3) is 0.774. The van der Waals surface area contributed by atoms with E-state index in [0.29, 0.717) is 0 Å². The van der Waals surface area contributed by atoms with Crippen LogP contribution in [0.5, 0.6) is 0 Å². The highest BCUT2D eigenvalue weighted by atomic mass is 32.1. The van der Waals surface area contributed by atoms with Crippen molar-refractivity contribution >= 4 is 18.6 Å². The Labute approximate surface area is 45.5 Å². The fourth-order valence-corrected chi connectivity index (χ4v) is 0.402. The molecule has 0 unspecified atom stereocenters.